The number of benzene rings is 2. The first kappa shape index (κ1) is 33.4. The molecule has 1 fully saturated rings. The van der Waals surface area contributed by atoms with Gasteiger partial charge in [-0.25, -0.2) is 9.18 Å². The number of aromatic nitrogens is 1. The van der Waals surface area contributed by atoms with Crippen LogP contribution < -0.4 is 9.64 Å². The predicted octanol–water partition coefficient (Wildman–Crippen LogP) is 7.45. The van der Waals surface area contributed by atoms with Crippen molar-refractivity contribution in [1.29, 1.82) is 0 Å². The topological polar surface area (TPSA) is 75.1 Å². The van der Waals surface area contributed by atoms with E-state index in [2.05, 4.69) is 23.6 Å². The van der Waals surface area contributed by atoms with Gasteiger partial charge in [-0.2, -0.15) is 0 Å². The lowest BCUT2D eigenvalue weighted by atomic mass is 9.81. The van der Waals surface area contributed by atoms with Crippen LogP contribution in [0.5, 0.6) is 5.75 Å². The second-order valence-electron chi connectivity index (χ2n) is 13.9. The van der Waals surface area contributed by atoms with Gasteiger partial charge >= 0.3 is 5.97 Å². The molecule has 0 spiro atoms. The van der Waals surface area contributed by atoms with Crippen LogP contribution in [-0.4, -0.2) is 60.4 Å². The van der Waals surface area contributed by atoms with Gasteiger partial charge in [0, 0.05) is 42.9 Å². The van der Waals surface area contributed by atoms with E-state index in [4.69, 9.17) is 14.5 Å². The molecule has 1 atom stereocenters. The van der Waals surface area contributed by atoms with Gasteiger partial charge in [-0.3, -0.25) is 4.98 Å². The zero-order chi connectivity index (χ0) is 32.2. The van der Waals surface area contributed by atoms with E-state index in [1.807, 2.05) is 66.1 Å². The Labute approximate surface area is 262 Å². The van der Waals surface area contributed by atoms with Gasteiger partial charge in [-0.1, -0.05) is 38.1 Å². The van der Waals surface area contributed by atoms with Gasteiger partial charge < -0.3 is 24.4 Å². The molecular weight excluding hydrogens is 557 g/mol. The van der Waals surface area contributed by atoms with Crippen LogP contribution in [-0.2, 0) is 22.5 Å². The Morgan fingerprint density at radius 3 is 2.23 bits per heavy atom. The molecule has 1 aliphatic heterocycles. The van der Waals surface area contributed by atoms with Crippen LogP contribution in [0.3, 0.4) is 0 Å². The third kappa shape index (κ3) is 8.57. The number of aliphatic carboxylic acids is 1. The summed E-state index contributed by atoms with van der Waals surface area (Å²) in [5.74, 6) is -0.550. The molecule has 0 radical (unpaired) electrons. The fraction of sp³-hybridized carbons (Fsp3) is 0.500. The summed E-state index contributed by atoms with van der Waals surface area (Å²) in [6.45, 7) is 14.8. The van der Waals surface area contributed by atoms with Crippen molar-refractivity contribution in [2.24, 2.45) is 5.41 Å². The van der Waals surface area contributed by atoms with Crippen LogP contribution >= 0.6 is 0 Å². The molecule has 7 nitrogen and oxygen atoms in total. The molecule has 1 unspecified atom stereocenters. The number of nitrogens with zero attached hydrogens (tertiary/aromatic N) is 3. The van der Waals surface area contributed by atoms with E-state index in [0.29, 0.717) is 30.8 Å². The zero-order valence-corrected chi connectivity index (χ0v) is 27.5. The number of carboxylic acid groups (broad SMARTS) is 1. The van der Waals surface area contributed by atoms with E-state index in [9.17, 15) is 14.3 Å². The molecule has 1 aromatic heterocycles. The minimum Gasteiger partial charge on any atom is -0.493 e. The van der Waals surface area contributed by atoms with Crippen molar-refractivity contribution in [1.82, 2.24) is 9.88 Å². The zero-order valence-electron chi connectivity index (χ0n) is 27.5. The molecule has 238 valence electrons. The third-order valence-corrected chi connectivity index (χ3v) is 8.05. The van der Waals surface area contributed by atoms with Crippen LogP contribution in [0.1, 0.15) is 76.1 Å². The highest BCUT2D eigenvalue weighted by molar-refractivity contribution is 5.88. The number of halogens is 1. The van der Waals surface area contributed by atoms with E-state index < -0.39 is 17.7 Å². The first-order valence-corrected chi connectivity index (χ1v) is 15.4. The molecule has 0 bridgehead atoms. The van der Waals surface area contributed by atoms with Crippen LogP contribution in [0.25, 0.3) is 11.1 Å². The van der Waals surface area contributed by atoms with Crippen LogP contribution in [0, 0.1) is 18.2 Å². The number of aryl methyl sites for hydroxylation is 1. The number of anilines is 1. The molecule has 1 aliphatic rings. The number of carboxylic acids is 1. The van der Waals surface area contributed by atoms with Gasteiger partial charge in [0.1, 0.15) is 11.6 Å². The first-order chi connectivity index (χ1) is 20.6. The molecule has 44 heavy (non-hydrogen) atoms. The Balaban J connectivity index is 1.80. The van der Waals surface area contributed by atoms with Crippen molar-refractivity contribution in [2.75, 3.05) is 38.7 Å². The molecule has 0 amide bonds. The quantitative estimate of drug-likeness (QED) is 0.243. The molecule has 0 aliphatic carbocycles. The number of hydrogen-bond acceptors (Lipinski definition) is 6. The average Bonchev–Trinajstić information content (AvgIpc) is 2.92. The molecule has 8 heteroatoms. The maximum absolute atomic E-state index is 13.3. The van der Waals surface area contributed by atoms with E-state index in [0.717, 1.165) is 59.8 Å². The summed E-state index contributed by atoms with van der Waals surface area (Å²) in [6.07, 6.45) is 1.48. The van der Waals surface area contributed by atoms with Crippen molar-refractivity contribution in [3.8, 4) is 16.9 Å². The maximum atomic E-state index is 13.3. The van der Waals surface area contributed by atoms with Gasteiger partial charge in [0.15, 0.2) is 6.10 Å². The number of ether oxygens (including phenoxy) is 2. The molecule has 1 N–H and O–H groups in total. The first-order valence-electron chi connectivity index (χ1n) is 15.4. The van der Waals surface area contributed by atoms with E-state index in [1.165, 1.54) is 12.1 Å². The van der Waals surface area contributed by atoms with Gasteiger partial charge in [0.25, 0.3) is 0 Å². The average molecular weight is 606 g/mol. The Morgan fingerprint density at radius 1 is 1.07 bits per heavy atom. The van der Waals surface area contributed by atoms with Crippen LogP contribution in [0.15, 0.2) is 48.5 Å². The lowest BCUT2D eigenvalue weighted by Gasteiger charge is -2.41. The standard InChI is InChI=1S/C36H48FN3O4/c1-24-30(33(34(41)42)44-35(2,3)4)32(40-20-18-36(5,6)19-21-40)31(29(38-24)23-39(7)8)26-11-15-28(16-12-26)43-22-17-25-9-13-27(37)14-10-25/h9-16,33H,17-23H2,1-8H3,(H,41,42). The Hall–Kier alpha value is -3.49. The summed E-state index contributed by atoms with van der Waals surface area (Å²) in [6, 6.07) is 14.4. The summed E-state index contributed by atoms with van der Waals surface area (Å²) < 4.78 is 25.5. The SMILES string of the molecule is Cc1nc(CN(C)C)c(-c2ccc(OCCc3ccc(F)cc3)cc2)c(N2CCC(C)(C)CC2)c1C(OC(C)(C)C)C(=O)O. The summed E-state index contributed by atoms with van der Waals surface area (Å²) in [5, 5.41) is 10.5. The second-order valence-corrected chi connectivity index (χ2v) is 13.9. The lowest BCUT2D eigenvalue weighted by Crippen LogP contribution is -2.39. The van der Waals surface area contributed by atoms with Crippen molar-refractivity contribution in [3.05, 3.63) is 76.9 Å². The van der Waals surface area contributed by atoms with Crippen molar-refractivity contribution in [2.45, 2.75) is 79.1 Å². The largest absolute Gasteiger partial charge is 0.493 e. The van der Waals surface area contributed by atoms with Crippen LogP contribution in [0.4, 0.5) is 10.1 Å². The highest BCUT2D eigenvalue weighted by Crippen LogP contribution is 2.45. The molecule has 2 heterocycles. The third-order valence-electron chi connectivity index (χ3n) is 8.05. The molecule has 0 saturated carbocycles. The van der Waals surface area contributed by atoms with Crippen LogP contribution in [0.2, 0.25) is 0 Å². The normalized spacial score (nSPS) is 15.8. The molecule has 1 saturated heterocycles. The van der Waals surface area contributed by atoms with Crippen molar-refractivity contribution < 1.29 is 23.8 Å². The lowest BCUT2D eigenvalue weighted by molar-refractivity contribution is -0.160. The fourth-order valence-corrected chi connectivity index (χ4v) is 5.70. The fourth-order valence-electron chi connectivity index (χ4n) is 5.70. The number of rotatable bonds is 11. The van der Waals surface area contributed by atoms with E-state index in [1.54, 1.807) is 12.1 Å². The minimum absolute atomic E-state index is 0.215. The molecule has 4 rings (SSSR count). The second kappa shape index (κ2) is 13.7. The summed E-state index contributed by atoms with van der Waals surface area (Å²) in [5.41, 5.74) is 5.49. The Morgan fingerprint density at radius 2 is 1.68 bits per heavy atom. The number of pyridine rings is 1. The number of hydrogen-bond donors (Lipinski definition) is 1. The monoisotopic (exact) mass is 605 g/mol. The minimum atomic E-state index is -1.17. The predicted molar refractivity (Wildman–Crippen MR) is 174 cm³/mol. The molecule has 2 aromatic carbocycles. The van der Waals surface area contributed by atoms with Gasteiger partial charge in [0.05, 0.1) is 23.6 Å². The number of piperidine rings is 1. The smallest absolute Gasteiger partial charge is 0.337 e. The summed E-state index contributed by atoms with van der Waals surface area (Å²) >= 11 is 0. The van der Waals surface area contributed by atoms with Crippen molar-refractivity contribution in [3.63, 3.8) is 0 Å². The molecule has 3 aromatic rings. The Kier molecular flexibility index (Phi) is 10.4. The molecular formula is C36H48FN3O4. The summed E-state index contributed by atoms with van der Waals surface area (Å²) in [7, 11) is 4.03. The van der Waals surface area contributed by atoms with E-state index in [-0.39, 0.29) is 11.2 Å². The number of carbonyl (C=O) groups is 1. The van der Waals surface area contributed by atoms with Gasteiger partial charge in [-0.05, 0) is 95.4 Å². The van der Waals surface area contributed by atoms with Gasteiger partial charge in [0.2, 0.25) is 0 Å². The summed E-state index contributed by atoms with van der Waals surface area (Å²) in [4.78, 5) is 22.3. The van der Waals surface area contributed by atoms with Gasteiger partial charge in [-0.15, -0.1) is 0 Å². The highest BCUT2D eigenvalue weighted by atomic mass is 19.1. The van der Waals surface area contributed by atoms with E-state index >= 15 is 0 Å². The maximum Gasteiger partial charge on any atom is 0.337 e. The highest BCUT2D eigenvalue weighted by Gasteiger charge is 2.37. The Bertz CT molecular complexity index is 1420. The van der Waals surface area contributed by atoms with Crippen molar-refractivity contribution >= 4 is 11.7 Å².